The first-order chi connectivity index (χ1) is 14.8. The maximum Gasteiger partial charge on any atom is 0.269 e. The van der Waals surface area contributed by atoms with E-state index in [-0.39, 0.29) is 18.9 Å². The highest BCUT2D eigenvalue weighted by Gasteiger charge is 2.10. The highest BCUT2D eigenvalue weighted by molar-refractivity contribution is 9.10. The van der Waals surface area contributed by atoms with Crippen molar-refractivity contribution in [2.75, 3.05) is 0 Å². The van der Waals surface area contributed by atoms with Crippen LogP contribution in [0.25, 0.3) is 0 Å². The minimum absolute atomic E-state index is 0.00254. The third-order valence-corrected chi connectivity index (χ3v) is 5.63. The first kappa shape index (κ1) is 23.3. The first-order valence-corrected chi connectivity index (χ1v) is 10.7. The number of benzene rings is 3. The van der Waals surface area contributed by atoms with E-state index in [1.807, 2.05) is 6.07 Å². The van der Waals surface area contributed by atoms with Gasteiger partial charge in [0.05, 0.1) is 30.7 Å². The van der Waals surface area contributed by atoms with Gasteiger partial charge in [-0.3, -0.25) is 10.1 Å². The molecule has 6 nitrogen and oxygen atoms in total. The SMILES string of the molecule is O=[N+]([O-])c1cccc(CO/N=C\c2cc(Cl)c(OCc3ccc(Cl)c(Cl)c3)c(Br)c2)c1. The minimum Gasteiger partial charge on any atom is -0.486 e. The molecule has 0 aliphatic carbocycles. The molecular weight excluding hydrogens is 531 g/mol. The molecular formula is C21H14BrCl3N2O4. The van der Waals surface area contributed by atoms with Gasteiger partial charge in [-0.2, -0.15) is 0 Å². The molecule has 0 bridgehead atoms. The van der Waals surface area contributed by atoms with Gasteiger partial charge in [0.2, 0.25) is 0 Å². The Hall–Kier alpha value is -2.32. The number of nitrogens with zero attached hydrogens (tertiary/aromatic N) is 2. The Balaban J connectivity index is 1.61. The van der Waals surface area contributed by atoms with Gasteiger partial charge in [-0.25, -0.2) is 0 Å². The van der Waals surface area contributed by atoms with Gasteiger partial charge in [-0.1, -0.05) is 58.2 Å². The summed E-state index contributed by atoms with van der Waals surface area (Å²) >= 11 is 21.7. The van der Waals surface area contributed by atoms with Crippen LogP contribution in [0.4, 0.5) is 5.69 Å². The van der Waals surface area contributed by atoms with Crippen LogP contribution in [0.5, 0.6) is 5.75 Å². The van der Waals surface area contributed by atoms with Gasteiger partial charge in [0, 0.05) is 12.1 Å². The molecule has 0 heterocycles. The Kier molecular flexibility index (Phi) is 8.15. The van der Waals surface area contributed by atoms with Crippen molar-refractivity contribution < 1.29 is 14.5 Å². The summed E-state index contributed by atoms with van der Waals surface area (Å²) in [5, 5.41) is 16.0. The lowest BCUT2D eigenvalue weighted by atomic mass is 10.2. The van der Waals surface area contributed by atoms with E-state index in [2.05, 4.69) is 21.1 Å². The topological polar surface area (TPSA) is 74.0 Å². The van der Waals surface area contributed by atoms with Crippen molar-refractivity contribution in [1.82, 2.24) is 0 Å². The normalized spacial score (nSPS) is 11.0. The van der Waals surface area contributed by atoms with Crippen LogP contribution in [-0.4, -0.2) is 11.1 Å². The number of hydrogen-bond acceptors (Lipinski definition) is 5. The number of nitro benzene ring substituents is 1. The molecule has 3 aromatic carbocycles. The molecule has 0 saturated heterocycles. The lowest BCUT2D eigenvalue weighted by Crippen LogP contribution is -1.98. The Bertz CT molecular complexity index is 1120. The average Bonchev–Trinajstić information content (AvgIpc) is 2.73. The van der Waals surface area contributed by atoms with Crippen LogP contribution in [0, 0.1) is 10.1 Å². The summed E-state index contributed by atoms with van der Waals surface area (Å²) in [6, 6.07) is 14.9. The number of halogens is 4. The maximum atomic E-state index is 10.8. The first-order valence-electron chi connectivity index (χ1n) is 8.78. The third kappa shape index (κ3) is 6.58. The zero-order chi connectivity index (χ0) is 22.4. The van der Waals surface area contributed by atoms with Crippen molar-refractivity contribution in [3.63, 3.8) is 0 Å². The van der Waals surface area contributed by atoms with E-state index in [0.29, 0.717) is 36.4 Å². The molecule has 0 spiro atoms. The molecule has 0 fully saturated rings. The van der Waals surface area contributed by atoms with E-state index in [1.54, 1.807) is 36.4 Å². The van der Waals surface area contributed by atoms with Gasteiger partial charge in [0.15, 0.2) is 5.75 Å². The minimum atomic E-state index is -0.461. The summed E-state index contributed by atoms with van der Waals surface area (Å²) in [7, 11) is 0. The molecule has 31 heavy (non-hydrogen) atoms. The van der Waals surface area contributed by atoms with Gasteiger partial charge in [0.25, 0.3) is 5.69 Å². The fourth-order valence-electron chi connectivity index (χ4n) is 2.55. The van der Waals surface area contributed by atoms with Gasteiger partial charge in [-0.05, 0) is 56.9 Å². The summed E-state index contributed by atoms with van der Waals surface area (Å²) in [6.07, 6.45) is 1.48. The van der Waals surface area contributed by atoms with Crippen molar-refractivity contribution >= 4 is 62.6 Å². The monoisotopic (exact) mass is 542 g/mol. The second kappa shape index (κ2) is 10.8. The van der Waals surface area contributed by atoms with Crippen LogP contribution in [0.3, 0.4) is 0 Å². The molecule has 10 heteroatoms. The van der Waals surface area contributed by atoms with Crippen molar-refractivity contribution in [3.05, 3.63) is 101 Å². The number of oxime groups is 1. The Morgan fingerprint density at radius 1 is 0.968 bits per heavy atom. The van der Waals surface area contributed by atoms with Crippen LogP contribution in [-0.2, 0) is 18.1 Å². The highest BCUT2D eigenvalue weighted by Crippen LogP contribution is 2.35. The van der Waals surface area contributed by atoms with Crippen molar-refractivity contribution in [1.29, 1.82) is 0 Å². The molecule has 160 valence electrons. The van der Waals surface area contributed by atoms with Gasteiger partial charge >= 0.3 is 0 Å². The molecule has 0 aliphatic rings. The smallest absolute Gasteiger partial charge is 0.269 e. The molecule has 0 atom stereocenters. The predicted molar refractivity (Wildman–Crippen MR) is 125 cm³/mol. The van der Waals surface area contributed by atoms with Crippen molar-refractivity contribution in [3.8, 4) is 5.75 Å². The second-order valence-corrected chi connectivity index (χ2v) is 8.36. The summed E-state index contributed by atoms with van der Waals surface area (Å²) in [6.45, 7) is 0.354. The lowest BCUT2D eigenvalue weighted by Gasteiger charge is -2.11. The highest BCUT2D eigenvalue weighted by atomic mass is 79.9. The second-order valence-electron chi connectivity index (χ2n) is 6.29. The molecule has 0 N–H and O–H groups in total. The van der Waals surface area contributed by atoms with Crippen LogP contribution >= 0.6 is 50.7 Å². The van der Waals surface area contributed by atoms with E-state index < -0.39 is 4.92 Å². The molecule has 0 aliphatic heterocycles. The maximum absolute atomic E-state index is 10.8. The van der Waals surface area contributed by atoms with E-state index in [9.17, 15) is 10.1 Å². The van der Waals surface area contributed by atoms with Crippen LogP contribution < -0.4 is 4.74 Å². The number of non-ortho nitro benzene ring substituents is 1. The molecule has 0 saturated carbocycles. The molecule has 0 unspecified atom stereocenters. The standard InChI is InChI=1S/C21H14BrCl3N2O4/c22-17-7-15(10-26-31-12-13-2-1-3-16(6-13)27(28)29)9-20(25)21(17)30-11-14-4-5-18(23)19(24)8-14/h1-10H,11-12H2/b26-10-. The Labute approximate surface area is 201 Å². The van der Waals surface area contributed by atoms with Gasteiger partial charge in [0.1, 0.15) is 13.2 Å². The fourth-order valence-corrected chi connectivity index (χ4v) is 3.86. The third-order valence-electron chi connectivity index (χ3n) is 4.02. The summed E-state index contributed by atoms with van der Waals surface area (Å²) in [5.41, 5.74) is 2.16. The average molecular weight is 545 g/mol. The fraction of sp³-hybridized carbons (Fsp3) is 0.0952. The quantitative estimate of drug-likeness (QED) is 0.168. The van der Waals surface area contributed by atoms with Gasteiger partial charge in [-0.15, -0.1) is 0 Å². The molecule has 0 amide bonds. The van der Waals surface area contributed by atoms with E-state index in [1.165, 1.54) is 18.3 Å². The zero-order valence-corrected chi connectivity index (χ0v) is 19.6. The molecule has 0 radical (unpaired) electrons. The van der Waals surface area contributed by atoms with E-state index >= 15 is 0 Å². The Morgan fingerprint density at radius 3 is 2.45 bits per heavy atom. The predicted octanol–water partition coefficient (Wildman–Crippen LogP) is 7.45. The van der Waals surface area contributed by atoms with Crippen molar-refractivity contribution in [2.45, 2.75) is 13.2 Å². The number of nitro groups is 1. The number of ether oxygens (including phenoxy) is 1. The van der Waals surface area contributed by atoms with Crippen LogP contribution in [0.15, 0.2) is 64.2 Å². The van der Waals surface area contributed by atoms with Gasteiger partial charge < -0.3 is 9.57 Å². The summed E-state index contributed by atoms with van der Waals surface area (Å²) in [5.74, 6) is 0.474. The van der Waals surface area contributed by atoms with E-state index in [4.69, 9.17) is 44.4 Å². The molecule has 3 aromatic rings. The number of hydrogen-bond donors (Lipinski definition) is 0. The van der Waals surface area contributed by atoms with E-state index in [0.717, 1.165) is 5.56 Å². The summed E-state index contributed by atoms with van der Waals surface area (Å²) < 4.78 is 6.45. The zero-order valence-electron chi connectivity index (χ0n) is 15.7. The largest absolute Gasteiger partial charge is 0.486 e. The van der Waals surface area contributed by atoms with Crippen LogP contribution in [0.2, 0.25) is 15.1 Å². The molecule has 3 rings (SSSR count). The number of rotatable bonds is 8. The Morgan fingerprint density at radius 2 is 1.74 bits per heavy atom. The van der Waals surface area contributed by atoms with Crippen molar-refractivity contribution in [2.24, 2.45) is 5.16 Å². The summed E-state index contributed by atoms with van der Waals surface area (Å²) in [4.78, 5) is 15.6. The lowest BCUT2D eigenvalue weighted by molar-refractivity contribution is -0.384. The molecule has 0 aromatic heterocycles. The van der Waals surface area contributed by atoms with Crippen LogP contribution in [0.1, 0.15) is 16.7 Å².